The van der Waals surface area contributed by atoms with Gasteiger partial charge in [0.25, 0.3) is 5.60 Å². The van der Waals surface area contributed by atoms with Crippen LogP contribution in [0.15, 0.2) is 47.4 Å². The molecule has 0 radical (unpaired) electrons. The molecule has 2 aliphatic rings. The maximum Gasteiger partial charge on any atom is 0.430 e. The van der Waals surface area contributed by atoms with Crippen molar-refractivity contribution in [1.29, 1.82) is 0 Å². The molecule has 1 saturated carbocycles. The molecule has 2 aromatic carbocycles. The van der Waals surface area contributed by atoms with Crippen molar-refractivity contribution in [3.05, 3.63) is 65.2 Å². The first-order valence-electron chi connectivity index (χ1n) is 13.3. The average molecular weight is 658 g/mol. The van der Waals surface area contributed by atoms with Crippen molar-refractivity contribution in [1.82, 2.24) is 4.90 Å². The molecule has 0 aromatic heterocycles. The summed E-state index contributed by atoms with van der Waals surface area (Å²) in [6, 6.07) is 4.49. The summed E-state index contributed by atoms with van der Waals surface area (Å²) in [4.78, 5) is 25.4. The van der Waals surface area contributed by atoms with Crippen LogP contribution in [-0.2, 0) is 34.5 Å². The van der Waals surface area contributed by atoms with Gasteiger partial charge >= 0.3 is 18.3 Å². The number of carboxylic acids is 1. The van der Waals surface area contributed by atoms with Crippen LogP contribution in [0.1, 0.15) is 43.2 Å². The van der Waals surface area contributed by atoms with Crippen LogP contribution >= 0.6 is 0 Å². The van der Waals surface area contributed by atoms with Gasteiger partial charge in [-0.25, -0.2) is 17.2 Å². The van der Waals surface area contributed by atoms with Gasteiger partial charge in [-0.05, 0) is 68.0 Å². The predicted molar refractivity (Wildman–Crippen MR) is 137 cm³/mol. The van der Waals surface area contributed by atoms with Crippen molar-refractivity contribution in [2.45, 2.75) is 59.7 Å². The molecule has 1 saturated heterocycles. The first kappa shape index (κ1) is 33.6. The quantitative estimate of drug-likeness (QED) is 0.302. The molecule has 2 aromatic rings. The number of carbonyl (C=O) groups is 2. The van der Waals surface area contributed by atoms with Gasteiger partial charge < -0.3 is 14.7 Å². The molecule has 1 atom stereocenters. The van der Waals surface area contributed by atoms with E-state index in [4.69, 9.17) is 0 Å². The largest absolute Gasteiger partial charge is 0.481 e. The number of benzene rings is 2. The van der Waals surface area contributed by atoms with Crippen LogP contribution in [-0.4, -0.2) is 62.9 Å². The fraction of sp³-hybridized carbons (Fsp3) is 0.500. The van der Waals surface area contributed by atoms with Crippen LogP contribution in [0.5, 0.6) is 0 Å². The van der Waals surface area contributed by atoms with E-state index in [1.807, 2.05) is 0 Å². The molecule has 44 heavy (non-hydrogen) atoms. The summed E-state index contributed by atoms with van der Waals surface area (Å²) in [6.07, 6.45) is -12.0. The third kappa shape index (κ3) is 5.43. The van der Waals surface area contributed by atoms with E-state index in [0.717, 1.165) is 29.2 Å². The number of nitrogens with zero attached hydrogens (tertiary/aromatic N) is 1. The van der Waals surface area contributed by atoms with Gasteiger partial charge in [-0.15, -0.1) is 0 Å². The van der Waals surface area contributed by atoms with Gasteiger partial charge in [0, 0.05) is 31.7 Å². The van der Waals surface area contributed by atoms with Crippen molar-refractivity contribution in [2.75, 3.05) is 20.2 Å². The number of aliphatic carboxylic acids is 1. The van der Waals surface area contributed by atoms with E-state index in [0.29, 0.717) is 6.07 Å². The molecule has 4 rings (SSSR count). The standard InChI is InChI=1S/C28H27F8NO6S/c1-43-26(27(31,32)33,28(34,35)36)21-11-6-18(14-22(21)30)25(44(41,42)20-9-7-19(29)8-10-20)12-13-37(15-25)23(38)16-2-4-17(5-3-16)24(39)40/h6-11,14,16-17H,2-5,12-13,15H2,1H3,(H,39,40)/t16?,17?,25-/m0/s1. The van der Waals surface area contributed by atoms with E-state index < -0.39 is 96.9 Å². The highest BCUT2D eigenvalue weighted by Gasteiger charge is 2.74. The number of hydrogen-bond acceptors (Lipinski definition) is 5. The first-order valence-corrected chi connectivity index (χ1v) is 14.8. The highest BCUT2D eigenvalue weighted by molar-refractivity contribution is 7.92. The number of halogens is 8. The molecule has 7 nitrogen and oxygen atoms in total. The van der Waals surface area contributed by atoms with E-state index in [9.17, 15) is 53.8 Å². The molecule has 1 heterocycles. The lowest BCUT2D eigenvalue weighted by molar-refractivity contribution is -0.384. The van der Waals surface area contributed by atoms with Crippen molar-refractivity contribution in [2.24, 2.45) is 11.8 Å². The van der Waals surface area contributed by atoms with Gasteiger partial charge in [0.2, 0.25) is 5.91 Å². The fourth-order valence-corrected chi connectivity index (χ4v) is 8.23. The Balaban J connectivity index is 1.81. The van der Waals surface area contributed by atoms with E-state index in [1.54, 1.807) is 0 Å². The Morgan fingerprint density at radius 3 is 1.93 bits per heavy atom. The van der Waals surface area contributed by atoms with Crippen LogP contribution in [0.25, 0.3) is 0 Å². The van der Waals surface area contributed by atoms with Gasteiger partial charge in [-0.1, -0.05) is 12.1 Å². The van der Waals surface area contributed by atoms with E-state index in [-0.39, 0.29) is 51.5 Å². The van der Waals surface area contributed by atoms with Crippen LogP contribution in [0.4, 0.5) is 35.1 Å². The second-order valence-electron chi connectivity index (χ2n) is 10.9. The Hall–Kier alpha value is -3.27. The topological polar surface area (TPSA) is 101 Å². The van der Waals surface area contributed by atoms with Gasteiger partial charge in [-0.2, -0.15) is 26.3 Å². The summed E-state index contributed by atoms with van der Waals surface area (Å²) in [5.74, 6) is -5.69. The third-order valence-electron chi connectivity index (χ3n) is 8.59. The number of carboxylic acid groups (broad SMARTS) is 1. The zero-order valence-electron chi connectivity index (χ0n) is 23.0. The normalized spacial score (nSPS) is 23.5. The summed E-state index contributed by atoms with van der Waals surface area (Å²) in [5, 5.41) is 9.23. The summed E-state index contributed by atoms with van der Waals surface area (Å²) in [6.45, 7) is -0.869. The lowest BCUT2D eigenvalue weighted by atomic mass is 9.81. The monoisotopic (exact) mass is 657 g/mol. The van der Waals surface area contributed by atoms with Crippen molar-refractivity contribution in [3.63, 3.8) is 0 Å². The van der Waals surface area contributed by atoms with Crippen molar-refractivity contribution in [3.8, 4) is 0 Å². The molecule has 1 aliphatic carbocycles. The smallest absolute Gasteiger partial charge is 0.430 e. The fourth-order valence-electron chi connectivity index (χ4n) is 6.16. The predicted octanol–water partition coefficient (Wildman–Crippen LogP) is 5.72. The number of hydrogen-bond donors (Lipinski definition) is 1. The van der Waals surface area contributed by atoms with Crippen molar-refractivity contribution < 1.29 is 63.0 Å². The number of alkyl halides is 6. The Labute approximate surface area is 246 Å². The minimum atomic E-state index is -6.17. The maximum atomic E-state index is 15.5. The summed E-state index contributed by atoms with van der Waals surface area (Å²) in [7, 11) is -4.59. The Kier molecular flexibility index (Phi) is 8.85. The van der Waals surface area contributed by atoms with E-state index in [1.165, 1.54) is 0 Å². The van der Waals surface area contributed by atoms with E-state index in [2.05, 4.69) is 4.74 Å². The summed E-state index contributed by atoms with van der Waals surface area (Å²) in [5.41, 5.74) is -7.54. The molecule has 2 fully saturated rings. The van der Waals surface area contributed by atoms with Crippen LogP contribution in [0, 0.1) is 23.5 Å². The van der Waals surface area contributed by atoms with Gasteiger partial charge in [0.05, 0.1) is 10.8 Å². The minimum Gasteiger partial charge on any atom is -0.481 e. The Morgan fingerprint density at radius 2 is 1.45 bits per heavy atom. The Bertz CT molecular complexity index is 1500. The number of amides is 1. The molecule has 16 heteroatoms. The summed E-state index contributed by atoms with van der Waals surface area (Å²) >= 11 is 0. The third-order valence-corrected chi connectivity index (χ3v) is 11.1. The van der Waals surface area contributed by atoms with Crippen molar-refractivity contribution >= 4 is 21.7 Å². The van der Waals surface area contributed by atoms with Gasteiger partial charge in [0.15, 0.2) is 9.84 Å². The molecule has 1 N–H and O–H groups in total. The second kappa shape index (κ2) is 11.6. The molecule has 0 bridgehead atoms. The first-order chi connectivity index (χ1) is 20.3. The zero-order valence-corrected chi connectivity index (χ0v) is 23.8. The maximum absolute atomic E-state index is 15.5. The zero-order chi connectivity index (χ0) is 32.9. The lowest BCUT2D eigenvalue weighted by Gasteiger charge is -2.37. The minimum absolute atomic E-state index is 0.110. The van der Waals surface area contributed by atoms with Crippen LogP contribution in [0.2, 0.25) is 0 Å². The lowest BCUT2D eigenvalue weighted by Crippen LogP contribution is -2.56. The molecular formula is C28H27F8NO6S. The van der Waals surface area contributed by atoms with Gasteiger partial charge in [-0.3, -0.25) is 9.59 Å². The number of carbonyl (C=O) groups excluding carboxylic acids is 1. The molecular weight excluding hydrogens is 630 g/mol. The SMILES string of the molecule is COC(c1ccc([C@]2(S(=O)(=O)c3ccc(F)cc3)CCN(C(=O)C3CCC(C(=O)O)CC3)C2)cc1F)(C(F)(F)F)C(F)(F)F. The Morgan fingerprint density at radius 1 is 0.909 bits per heavy atom. The number of rotatable bonds is 7. The van der Waals surface area contributed by atoms with Gasteiger partial charge in [0.1, 0.15) is 16.4 Å². The molecule has 0 spiro atoms. The summed E-state index contributed by atoms with van der Waals surface area (Å²) < 4.78 is 142. The molecule has 1 aliphatic heterocycles. The highest BCUT2D eigenvalue weighted by atomic mass is 32.2. The number of sulfone groups is 1. The molecule has 1 amide bonds. The van der Waals surface area contributed by atoms with Crippen LogP contribution < -0.4 is 0 Å². The highest BCUT2D eigenvalue weighted by Crippen LogP contribution is 2.54. The molecule has 242 valence electrons. The van der Waals surface area contributed by atoms with Crippen LogP contribution in [0.3, 0.4) is 0 Å². The number of methoxy groups -OCH3 is 1. The second-order valence-corrected chi connectivity index (χ2v) is 13.2. The average Bonchev–Trinajstić information content (AvgIpc) is 3.40. The van der Waals surface area contributed by atoms with E-state index >= 15 is 4.39 Å². The number of ether oxygens (including phenoxy) is 1. The number of likely N-dealkylation sites (tertiary alicyclic amines) is 1. The molecule has 0 unspecified atom stereocenters.